The van der Waals surface area contributed by atoms with Crippen LogP contribution >= 0.6 is 0 Å². The Hall–Kier alpha value is -3.00. The Morgan fingerprint density at radius 2 is 1.90 bits per heavy atom. The molecule has 1 aliphatic rings. The maximum Gasteiger partial charge on any atom is 0.247 e. The minimum Gasteiger partial charge on any atom is -0.343 e. The molecule has 3 atom stereocenters. The Labute approximate surface area is 182 Å². The van der Waals surface area contributed by atoms with E-state index in [1.165, 1.54) is 0 Å². The van der Waals surface area contributed by atoms with E-state index in [1.807, 2.05) is 44.2 Å². The molecular weight excluding hydrogens is 394 g/mol. The van der Waals surface area contributed by atoms with Crippen molar-refractivity contribution in [1.29, 1.82) is 0 Å². The van der Waals surface area contributed by atoms with Gasteiger partial charge in [0.25, 0.3) is 0 Å². The van der Waals surface area contributed by atoms with Crippen molar-refractivity contribution in [3.63, 3.8) is 0 Å². The SMILES string of the molecule is CN[C@@H](C)C(=O)N[C@H](C(=O)N1CCC[C@@H]1C(=O)Nc1cccc2ncccc12)C(C)C. The molecule has 0 bridgehead atoms. The molecule has 0 radical (unpaired) electrons. The van der Waals surface area contributed by atoms with Gasteiger partial charge in [0.15, 0.2) is 0 Å². The van der Waals surface area contributed by atoms with Gasteiger partial charge in [-0.2, -0.15) is 0 Å². The summed E-state index contributed by atoms with van der Waals surface area (Å²) < 4.78 is 0. The molecule has 0 unspecified atom stereocenters. The Morgan fingerprint density at radius 3 is 2.61 bits per heavy atom. The number of carbonyl (C=O) groups is 3. The van der Waals surface area contributed by atoms with E-state index in [2.05, 4.69) is 20.9 Å². The van der Waals surface area contributed by atoms with Crippen LogP contribution in [0.4, 0.5) is 5.69 Å². The van der Waals surface area contributed by atoms with Gasteiger partial charge in [-0.1, -0.05) is 19.9 Å². The lowest BCUT2D eigenvalue weighted by Gasteiger charge is -2.31. The summed E-state index contributed by atoms with van der Waals surface area (Å²) in [6.07, 6.45) is 3.04. The first-order valence-corrected chi connectivity index (χ1v) is 10.8. The van der Waals surface area contributed by atoms with Crippen molar-refractivity contribution in [3.8, 4) is 0 Å². The Morgan fingerprint density at radius 1 is 1.13 bits per heavy atom. The number of likely N-dealkylation sites (N-methyl/N-ethyl adjacent to an activating group) is 1. The van der Waals surface area contributed by atoms with Crippen LogP contribution in [0.1, 0.15) is 33.6 Å². The molecule has 8 heteroatoms. The highest BCUT2D eigenvalue weighted by atomic mass is 16.2. The zero-order valence-electron chi connectivity index (χ0n) is 18.5. The molecule has 3 amide bonds. The predicted molar refractivity (Wildman–Crippen MR) is 120 cm³/mol. The molecule has 3 N–H and O–H groups in total. The summed E-state index contributed by atoms with van der Waals surface area (Å²) in [5.41, 5.74) is 1.47. The smallest absolute Gasteiger partial charge is 0.247 e. The van der Waals surface area contributed by atoms with E-state index >= 15 is 0 Å². The average Bonchev–Trinajstić information content (AvgIpc) is 3.26. The molecule has 1 aliphatic heterocycles. The van der Waals surface area contributed by atoms with Crippen LogP contribution in [0, 0.1) is 5.92 Å². The van der Waals surface area contributed by atoms with E-state index in [4.69, 9.17) is 0 Å². The number of fused-ring (bicyclic) bond motifs is 1. The molecule has 166 valence electrons. The quantitative estimate of drug-likeness (QED) is 0.629. The summed E-state index contributed by atoms with van der Waals surface area (Å²) >= 11 is 0. The van der Waals surface area contributed by atoms with E-state index in [0.29, 0.717) is 18.7 Å². The minimum absolute atomic E-state index is 0.103. The first kappa shape index (κ1) is 22.7. The molecule has 2 heterocycles. The second-order valence-electron chi connectivity index (χ2n) is 8.30. The van der Waals surface area contributed by atoms with E-state index in [1.54, 1.807) is 25.1 Å². The van der Waals surface area contributed by atoms with Crippen molar-refractivity contribution in [2.24, 2.45) is 5.92 Å². The van der Waals surface area contributed by atoms with Crippen LogP contribution in [-0.2, 0) is 14.4 Å². The van der Waals surface area contributed by atoms with Crippen molar-refractivity contribution in [1.82, 2.24) is 20.5 Å². The third-order valence-electron chi connectivity index (χ3n) is 5.80. The highest BCUT2D eigenvalue weighted by Gasteiger charge is 2.39. The zero-order chi connectivity index (χ0) is 22.5. The largest absolute Gasteiger partial charge is 0.343 e. The Kier molecular flexibility index (Phi) is 7.22. The molecule has 1 saturated heterocycles. The lowest BCUT2D eigenvalue weighted by molar-refractivity contribution is -0.141. The molecule has 0 saturated carbocycles. The van der Waals surface area contributed by atoms with Crippen LogP contribution in [0.2, 0.25) is 0 Å². The number of likely N-dealkylation sites (tertiary alicyclic amines) is 1. The van der Waals surface area contributed by atoms with Gasteiger partial charge in [0.2, 0.25) is 17.7 Å². The number of amides is 3. The topological polar surface area (TPSA) is 103 Å². The van der Waals surface area contributed by atoms with Gasteiger partial charge in [-0.25, -0.2) is 0 Å². The van der Waals surface area contributed by atoms with Crippen molar-refractivity contribution in [2.45, 2.75) is 51.7 Å². The highest BCUT2D eigenvalue weighted by molar-refractivity contribution is 6.04. The Balaban J connectivity index is 1.76. The third kappa shape index (κ3) is 5.02. The molecular formula is C23H31N5O3. The maximum absolute atomic E-state index is 13.3. The second kappa shape index (κ2) is 9.87. The van der Waals surface area contributed by atoms with Gasteiger partial charge < -0.3 is 20.9 Å². The summed E-state index contributed by atoms with van der Waals surface area (Å²) in [5.74, 6) is -0.782. The summed E-state index contributed by atoms with van der Waals surface area (Å²) in [6.45, 7) is 6.01. The standard InChI is InChI=1S/C23H31N5O3/c1-14(2)20(27-21(29)15(3)24-4)23(31)28-13-7-11-19(28)22(30)26-18-10-5-9-17-16(18)8-6-12-25-17/h5-6,8-10,12,14-15,19-20,24H,7,11,13H2,1-4H3,(H,26,30)(H,27,29)/t15-,19+,20-/m0/s1. The number of nitrogens with zero attached hydrogens (tertiary/aromatic N) is 2. The van der Waals surface area contributed by atoms with E-state index in [9.17, 15) is 14.4 Å². The summed E-state index contributed by atoms with van der Waals surface area (Å²) in [6, 6.07) is 7.63. The van der Waals surface area contributed by atoms with Crippen LogP contribution in [-0.4, -0.2) is 59.3 Å². The van der Waals surface area contributed by atoms with Gasteiger partial charge in [0.05, 0.1) is 17.2 Å². The second-order valence-corrected chi connectivity index (χ2v) is 8.30. The number of anilines is 1. The van der Waals surface area contributed by atoms with Crippen LogP contribution in [0.15, 0.2) is 36.5 Å². The van der Waals surface area contributed by atoms with Crippen LogP contribution in [0.3, 0.4) is 0 Å². The van der Waals surface area contributed by atoms with Crippen molar-refractivity contribution < 1.29 is 14.4 Å². The molecule has 8 nitrogen and oxygen atoms in total. The molecule has 31 heavy (non-hydrogen) atoms. The van der Waals surface area contributed by atoms with Crippen molar-refractivity contribution >= 4 is 34.3 Å². The Bertz CT molecular complexity index is 956. The number of benzene rings is 1. The van der Waals surface area contributed by atoms with E-state index in [0.717, 1.165) is 17.3 Å². The van der Waals surface area contributed by atoms with E-state index < -0.39 is 18.1 Å². The molecule has 0 aliphatic carbocycles. The number of hydrogen-bond donors (Lipinski definition) is 3. The summed E-state index contributed by atoms with van der Waals surface area (Å²) in [7, 11) is 1.69. The summed E-state index contributed by atoms with van der Waals surface area (Å²) in [5, 5.41) is 9.55. The number of hydrogen-bond acceptors (Lipinski definition) is 5. The minimum atomic E-state index is -0.682. The fraction of sp³-hybridized carbons (Fsp3) is 0.478. The fourth-order valence-electron chi connectivity index (χ4n) is 3.83. The van der Waals surface area contributed by atoms with Gasteiger partial charge in [0, 0.05) is 18.1 Å². The first-order valence-electron chi connectivity index (χ1n) is 10.8. The van der Waals surface area contributed by atoms with Crippen molar-refractivity contribution in [2.75, 3.05) is 18.9 Å². The van der Waals surface area contributed by atoms with Crippen molar-refractivity contribution in [3.05, 3.63) is 36.5 Å². The monoisotopic (exact) mass is 425 g/mol. The zero-order valence-corrected chi connectivity index (χ0v) is 18.5. The van der Waals surface area contributed by atoms with Crippen LogP contribution in [0.5, 0.6) is 0 Å². The number of carbonyl (C=O) groups excluding carboxylic acids is 3. The molecule has 1 aromatic heterocycles. The highest BCUT2D eigenvalue weighted by Crippen LogP contribution is 2.25. The molecule has 1 fully saturated rings. The maximum atomic E-state index is 13.3. The molecule has 2 aromatic rings. The number of aromatic nitrogens is 1. The van der Waals surface area contributed by atoms with Gasteiger partial charge in [0.1, 0.15) is 12.1 Å². The normalized spacial score (nSPS) is 18.1. The number of rotatable bonds is 7. The molecule has 1 aromatic carbocycles. The molecule has 0 spiro atoms. The number of nitrogens with one attached hydrogen (secondary N) is 3. The van der Waals surface area contributed by atoms with Crippen LogP contribution < -0.4 is 16.0 Å². The van der Waals surface area contributed by atoms with E-state index in [-0.39, 0.29) is 23.6 Å². The summed E-state index contributed by atoms with van der Waals surface area (Å²) in [4.78, 5) is 44.7. The fourth-order valence-corrected chi connectivity index (χ4v) is 3.83. The van der Waals surface area contributed by atoms with Gasteiger partial charge in [-0.15, -0.1) is 0 Å². The molecule has 3 rings (SSSR count). The average molecular weight is 426 g/mol. The lowest BCUT2D eigenvalue weighted by Crippen LogP contribution is -2.56. The van der Waals surface area contributed by atoms with Crippen LogP contribution in [0.25, 0.3) is 10.9 Å². The van der Waals surface area contributed by atoms with Gasteiger partial charge in [-0.05, 0) is 57.0 Å². The first-order chi connectivity index (χ1) is 14.8. The van der Waals surface area contributed by atoms with Gasteiger partial charge in [-0.3, -0.25) is 19.4 Å². The third-order valence-corrected chi connectivity index (χ3v) is 5.80. The van der Waals surface area contributed by atoms with Gasteiger partial charge >= 0.3 is 0 Å². The lowest BCUT2D eigenvalue weighted by atomic mass is 10.0. The predicted octanol–water partition coefficient (Wildman–Crippen LogP) is 1.91. The number of pyridine rings is 1.